The first-order valence-electron chi connectivity index (χ1n) is 12.7. The Labute approximate surface area is 180 Å². The number of hydrogen-bond acceptors (Lipinski definition) is 3. The zero-order valence-corrected chi connectivity index (χ0v) is 18.7. The third-order valence-electron chi connectivity index (χ3n) is 10.8. The van der Waals surface area contributed by atoms with E-state index in [0.717, 1.165) is 55.3 Å². The molecular weight excluding hydrogens is 372 g/mol. The molecule has 5 saturated carbocycles. The minimum Gasteiger partial charge on any atom is -0.390 e. The Morgan fingerprint density at radius 3 is 2.53 bits per heavy atom. The first-order chi connectivity index (χ1) is 14.4. The van der Waals surface area contributed by atoms with Gasteiger partial charge in [0, 0.05) is 12.1 Å². The van der Waals surface area contributed by atoms with Crippen molar-refractivity contribution >= 4 is 5.78 Å². The molecule has 0 amide bonds. The van der Waals surface area contributed by atoms with Crippen LogP contribution >= 0.6 is 0 Å². The van der Waals surface area contributed by atoms with E-state index in [9.17, 15) is 9.90 Å². The number of ketones is 1. The second-order valence-corrected chi connectivity index (χ2v) is 11.8. The lowest BCUT2D eigenvalue weighted by Gasteiger charge is -2.56. The third-order valence-corrected chi connectivity index (χ3v) is 10.8. The van der Waals surface area contributed by atoms with Crippen molar-refractivity contribution < 1.29 is 9.90 Å². The van der Waals surface area contributed by atoms with Crippen molar-refractivity contribution in [2.75, 3.05) is 0 Å². The standard InChI is InChI=1S/C26H38N2O2/c1-3-16-13-27-28(14-16)15-24(29)22-7-6-21-19-4-5-20-18(9-11-26(30)12-23(20)26)17(19)8-10-25(21,22)2/h13-14,17-23,30H,3-12,15H2,1-2H3/t17-,18-,19-,20+,21+,22-,23?,25+,26+/m1/s1. The van der Waals surface area contributed by atoms with Gasteiger partial charge in [0.25, 0.3) is 0 Å². The van der Waals surface area contributed by atoms with E-state index in [1.54, 1.807) is 0 Å². The monoisotopic (exact) mass is 410 g/mol. The number of aliphatic hydroxyl groups is 1. The SMILES string of the molecule is CCc1cnn(CC(=O)[C@H]2CC[C@H]3[C@@H]4CC[C@@H]5C6C[C@@]6(O)CC[C@@H]5[C@H]4CC[C@]23C)c1. The summed E-state index contributed by atoms with van der Waals surface area (Å²) in [6, 6.07) is 0. The van der Waals surface area contributed by atoms with Crippen LogP contribution in [0, 0.1) is 46.8 Å². The van der Waals surface area contributed by atoms with E-state index in [2.05, 4.69) is 18.9 Å². The fourth-order valence-corrected chi connectivity index (χ4v) is 9.16. The average Bonchev–Trinajstić information content (AvgIpc) is 3.06. The van der Waals surface area contributed by atoms with E-state index in [0.29, 0.717) is 18.2 Å². The highest BCUT2D eigenvalue weighted by Gasteiger charge is 2.65. The molecule has 0 saturated heterocycles. The zero-order chi connectivity index (χ0) is 20.7. The normalized spacial score (nSPS) is 49.0. The van der Waals surface area contributed by atoms with Gasteiger partial charge < -0.3 is 5.11 Å². The molecule has 164 valence electrons. The Hall–Kier alpha value is -1.16. The molecule has 0 spiro atoms. The van der Waals surface area contributed by atoms with E-state index >= 15 is 0 Å². The maximum Gasteiger partial charge on any atom is 0.157 e. The van der Waals surface area contributed by atoms with Gasteiger partial charge in [0.1, 0.15) is 0 Å². The van der Waals surface area contributed by atoms with Crippen LogP contribution in [0.4, 0.5) is 0 Å². The number of nitrogens with zero attached hydrogens (tertiary/aromatic N) is 2. The van der Waals surface area contributed by atoms with Crippen LogP contribution in [0.1, 0.15) is 77.2 Å². The number of fused-ring (bicyclic) bond motifs is 7. The Balaban J connectivity index is 1.18. The maximum absolute atomic E-state index is 13.4. The molecule has 9 atom stereocenters. The molecule has 1 unspecified atom stereocenters. The summed E-state index contributed by atoms with van der Waals surface area (Å²) in [5.74, 6) is 5.31. The molecule has 4 heteroatoms. The zero-order valence-electron chi connectivity index (χ0n) is 18.7. The smallest absolute Gasteiger partial charge is 0.157 e. The summed E-state index contributed by atoms with van der Waals surface area (Å²) in [7, 11) is 0. The molecule has 0 bridgehead atoms. The van der Waals surface area contributed by atoms with Gasteiger partial charge in [0.05, 0.1) is 18.3 Å². The molecule has 1 heterocycles. The molecule has 5 fully saturated rings. The van der Waals surface area contributed by atoms with Gasteiger partial charge in [-0.25, -0.2) is 0 Å². The minimum atomic E-state index is -0.272. The molecule has 6 rings (SSSR count). The van der Waals surface area contributed by atoms with Crippen molar-refractivity contribution in [1.29, 1.82) is 0 Å². The van der Waals surface area contributed by atoms with Crippen LogP contribution in [0.5, 0.6) is 0 Å². The number of carbonyl (C=O) groups is 1. The fourth-order valence-electron chi connectivity index (χ4n) is 9.16. The first-order valence-corrected chi connectivity index (χ1v) is 12.7. The number of rotatable bonds is 4. The summed E-state index contributed by atoms with van der Waals surface area (Å²) in [5, 5.41) is 15.1. The Morgan fingerprint density at radius 1 is 1.07 bits per heavy atom. The number of carbonyl (C=O) groups excluding carboxylic acids is 1. The summed E-state index contributed by atoms with van der Waals surface area (Å²) in [6.45, 7) is 5.04. The van der Waals surface area contributed by atoms with Gasteiger partial charge in [-0.15, -0.1) is 0 Å². The van der Waals surface area contributed by atoms with Crippen molar-refractivity contribution in [3.8, 4) is 0 Å². The van der Waals surface area contributed by atoms with Gasteiger partial charge in [0.15, 0.2) is 5.78 Å². The van der Waals surface area contributed by atoms with E-state index in [4.69, 9.17) is 0 Å². The minimum absolute atomic E-state index is 0.195. The van der Waals surface area contributed by atoms with E-state index < -0.39 is 0 Å². The molecule has 0 aromatic carbocycles. The van der Waals surface area contributed by atoms with Crippen LogP contribution in [-0.2, 0) is 17.8 Å². The van der Waals surface area contributed by atoms with Crippen LogP contribution in [0.25, 0.3) is 0 Å². The third kappa shape index (κ3) is 2.74. The van der Waals surface area contributed by atoms with Gasteiger partial charge in [-0.05, 0) is 111 Å². The summed E-state index contributed by atoms with van der Waals surface area (Å²) < 4.78 is 1.87. The van der Waals surface area contributed by atoms with Crippen molar-refractivity contribution in [1.82, 2.24) is 9.78 Å². The first kappa shape index (κ1) is 19.5. The molecule has 1 aromatic rings. The number of aromatic nitrogens is 2. The van der Waals surface area contributed by atoms with Crippen LogP contribution in [0.15, 0.2) is 12.4 Å². The number of hydrogen-bond donors (Lipinski definition) is 1. The molecule has 5 aliphatic carbocycles. The fraction of sp³-hybridized carbons (Fsp3) is 0.846. The van der Waals surface area contributed by atoms with Gasteiger partial charge in [-0.2, -0.15) is 5.10 Å². The molecule has 30 heavy (non-hydrogen) atoms. The highest BCUT2D eigenvalue weighted by Crippen LogP contribution is 2.68. The number of aryl methyl sites for hydroxylation is 1. The van der Waals surface area contributed by atoms with Crippen LogP contribution < -0.4 is 0 Å². The van der Waals surface area contributed by atoms with Crippen LogP contribution in [0.3, 0.4) is 0 Å². The summed E-state index contributed by atoms with van der Waals surface area (Å²) in [4.78, 5) is 13.4. The largest absolute Gasteiger partial charge is 0.390 e. The average molecular weight is 411 g/mol. The lowest BCUT2D eigenvalue weighted by molar-refractivity contribution is -0.131. The Morgan fingerprint density at radius 2 is 1.80 bits per heavy atom. The van der Waals surface area contributed by atoms with Crippen LogP contribution in [-0.4, -0.2) is 26.3 Å². The van der Waals surface area contributed by atoms with Gasteiger partial charge in [-0.1, -0.05) is 13.8 Å². The topological polar surface area (TPSA) is 55.1 Å². The maximum atomic E-state index is 13.4. The van der Waals surface area contributed by atoms with Crippen molar-refractivity contribution in [2.24, 2.45) is 46.8 Å². The second-order valence-electron chi connectivity index (χ2n) is 11.8. The molecule has 5 aliphatic rings. The van der Waals surface area contributed by atoms with Crippen molar-refractivity contribution in [3.05, 3.63) is 18.0 Å². The summed E-state index contributed by atoms with van der Waals surface area (Å²) in [6.07, 6.45) is 15.9. The quantitative estimate of drug-likeness (QED) is 0.786. The second kappa shape index (κ2) is 6.67. The van der Waals surface area contributed by atoms with Crippen molar-refractivity contribution in [3.63, 3.8) is 0 Å². The summed E-state index contributed by atoms with van der Waals surface area (Å²) in [5.41, 5.74) is 1.14. The Kier molecular flexibility index (Phi) is 4.34. The summed E-state index contributed by atoms with van der Waals surface area (Å²) >= 11 is 0. The van der Waals surface area contributed by atoms with Gasteiger partial charge in [-0.3, -0.25) is 9.48 Å². The van der Waals surface area contributed by atoms with E-state index in [-0.39, 0.29) is 16.9 Å². The van der Waals surface area contributed by atoms with Crippen LogP contribution in [0.2, 0.25) is 0 Å². The van der Waals surface area contributed by atoms with E-state index in [1.807, 2.05) is 17.1 Å². The molecular formula is C26H38N2O2. The number of Topliss-reactive ketones (excluding diaryl/α,β-unsaturated/α-hetero) is 1. The highest BCUT2D eigenvalue weighted by atomic mass is 16.3. The molecule has 1 aromatic heterocycles. The van der Waals surface area contributed by atoms with Crippen molar-refractivity contribution in [2.45, 2.75) is 90.2 Å². The lowest BCUT2D eigenvalue weighted by Crippen LogP contribution is -2.50. The predicted molar refractivity (Wildman–Crippen MR) is 116 cm³/mol. The molecule has 1 N–H and O–H groups in total. The molecule has 0 radical (unpaired) electrons. The molecule has 0 aliphatic heterocycles. The Bertz CT molecular complexity index is 848. The van der Waals surface area contributed by atoms with E-state index in [1.165, 1.54) is 44.1 Å². The lowest BCUT2D eigenvalue weighted by atomic mass is 9.49. The van der Waals surface area contributed by atoms with Gasteiger partial charge >= 0.3 is 0 Å². The predicted octanol–water partition coefficient (Wildman–Crippen LogP) is 4.64. The van der Waals surface area contributed by atoms with Gasteiger partial charge in [0.2, 0.25) is 0 Å². The molecule has 4 nitrogen and oxygen atoms in total. The highest BCUT2D eigenvalue weighted by molar-refractivity contribution is 5.82.